The summed E-state index contributed by atoms with van der Waals surface area (Å²) < 4.78 is 0. The molecule has 0 aromatic rings. The van der Waals surface area contributed by atoms with Crippen LogP contribution in [0.2, 0.25) is 0 Å². The van der Waals surface area contributed by atoms with Gasteiger partial charge in [0, 0.05) is 24.2 Å². The number of hydrogen-bond acceptors (Lipinski definition) is 2. The van der Waals surface area contributed by atoms with E-state index in [0.29, 0.717) is 0 Å². The summed E-state index contributed by atoms with van der Waals surface area (Å²) >= 11 is 0. The minimum Gasteiger partial charge on any atom is -0.314 e. The lowest BCUT2D eigenvalue weighted by Crippen LogP contribution is -2.47. The Morgan fingerprint density at radius 1 is 1.00 bits per heavy atom. The maximum Gasteiger partial charge on any atom is 0.0102 e. The van der Waals surface area contributed by atoms with Crippen LogP contribution in [0.25, 0.3) is 0 Å². The van der Waals surface area contributed by atoms with Crippen LogP contribution in [0.3, 0.4) is 0 Å². The quantitative estimate of drug-likeness (QED) is 0.809. The monoisotopic (exact) mass is 238 g/mol. The van der Waals surface area contributed by atoms with E-state index in [1.807, 2.05) is 0 Å². The molecule has 17 heavy (non-hydrogen) atoms. The highest BCUT2D eigenvalue weighted by atomic mass is 15.2. The van der Waals surface area contributed by atoms with Gasteiger partial charge in [0.15, 0.2) is 0 Å². The van der Waals surface area contributed by atoms with Crippen LogP contribution >= 0.6 is 0 Å². The number of nitrogens with zero attached hydrogens (tertiary/aromatic N) is 1. The molecule has 0 spiro atoms. The highest BCUT2D eigenvalue weighted by Gasteiger charge is 2.36. The molecule has 1 saturated heterocycles. The molecule has 1 saturated carbocycles. The number of rotatable bonds is 4. The van der Waals surface area contributed by atoms with Crippen molar-refractivity contribution in [2.24, 2.45) is 0 Å². The molecule has 1 aliphatic carbocycles. The van der Waals surface area contributed by atoms with Crippen molar-refractivity contribution < 1.29 is 0 Å². The van der Waals surface area contributed by atoms with Gasteiger partial charge in [-0.3, -0.25) is 4.90 Å². The molecular formula is C15H30N2. The van der Waals surface area contributed by atoms with Crippen LogP contribution in [0.4, 0.5) is 0 Å². The van der Waals surface area contributed by atoms with Crippen LogP contribution in [-0.2, 0) is 0 Å². The molecule has 2 nitrogen and oxygen atoms in total. The highest BCUT2D eigenvalue weighted by molar-refractivity contribution is 4.92. The van der Waals surface area contributed by atoms with Gasteiger partial charge in [0.2, 0.25) is 0 Å². The molecule has 2 rings (SSSR count). The Bertz CT molecular complexity index is 221. The van der Waals surface area contributed by atoms with E-state index in [9.17, 15) is 0 Å². The maximum absolute atomic E-state index is 3.61. The number of likely N-dealkylation sites (tertiary alicyclic amines) is 1. The van der Waals surface area contributed by atoms with E-state index >= 15 is 0 Å². The van der Waals surface area contributed by atoms with Crippen molar-refractivity contribution in [1.82, 2.24) is 10.2 Å². The first-order valence-electron chi connectivity index (χ1n) is 7.77. The van der Waals surface area contributed by atoms with Crippen molar-refractivity contribution >= 4 is 0 Å². The largest absolute Gasteiger partial charge is 0.314 e. The summed E-state index contributed by atoms with van der Waals surface area (Å²) in [6.45, 7) is 8.15. The van der Waals surface area contributed by atoms with Crippen LogP contribution in [-0.4, -0.2) is 35.6 Å². The lowest BCUT2D eigenvalue weighted by Gasteiger charge is -2.40. The minimum atomic E-state index is 0.800. The maximum atomic E-state index is 3.61. The van der Waals surface area contributed by atoms with Gasteiger partial charge in [0.1, 0.15) is 0 Å². The summed E-state index contributed by atoms with van der Waals surface area (Å²) in [6.07, 6.45) is 9.81. The summed E-state index contributed by atoms with van der Waals surface area (Å²) in [4.78, 5) is 2.86. The third-order valence-electron chi connectivity index (χ3n) is 4.93. The van der Waals surface area contributed by atoms with Crippen molar-refractivity contribution in [3.8, 4) is 0 Å². The zero-order valence-corrected chi connectivity index (χ0v) is 11.9. The van der Waals surface area contributed by atoms with Gasteiger partial charge in [-0.1, -0.05) is 13.8 Å². The van der Waals surface area contributed by atoms with E-state index in [0.717, 1.165) is 30.7 Å². The predicted molar refractivity (Wildman–Crippen MR) is 74.3 cm³/mol. The zero-order chi connectivity index (χ0) is 12.3. The molecule has 2 aliphatic rings. The normalized spacial score (nSPS) is 39.7. The Hall–Kier alpha value is -0.0800. The first-order valence-corrected chi connectivity index (χ1v) is 7.77. The van der Waals surface area contributed by atoms with Crippen LogP contribution in [0.1, 0.15) is 65.7 Å². The topological polar surface area (TPSA) is 15.3 Å². The first-order chi connectivity index (χ1) is 8.26. The fraction of sp³-hybridized carbons (Fsp3) is 1.00. The average molecular weight is 238 g/mol. The second kappa shape index (κ2) is 6.19. The molecule has 0 aromatic carbocycles. The van der Waals surface area contributed by atoms with Crippen molar-refractivity contribution in [2.45, 2.75) is 89.9 Å². The molecule has 2 unspecified atom stereocenters. The summed E-state index contributed by atoms with van der Waals surface area (Å²) in [6, 6.07) is 3.40. The SMILES string of the molecule is CCNC1CCC(N2C(C)CCC2CC)CC1. The zero-order valence-electron chi connectivity index (χ0n) is 11.9. The molecule has 100 valence electrons. The lowest BCUT2D eigenvalue weighted by atomic mass is 9.89. The third-order valence-corrected chi connectivity index (χ3v) is 4.93. The van der Waals surface area contributed by atoms with E-state index < -0.39 is 0 Å². The molecule has 2 heteroatoms. The van der Waals surface area contributed by atoms with Crippen LogP contribution in [0.15, 0.2) is 0 Å². The van der Waals surface area contributed by atoms with Gasteiger partial charge in [-0.25, -0.2) is 0 Å². The van der Waals surface area contributed by atoms with Gasteiger partial charge in [0.25, 0.3) is 0 Å². The smallest absolute Gasteiger partial charge is 0.0102 e. The minimum absolute atomic E-state index is 0.800. The van der Waals surface area contributed by atoms with Crippen molar-refractivity contribution in [3.05, 3.63) is 0 Å². The molecule has 1 aliphatic heterocycles. The van der Waals surface area contributed by atoms with Crippen LogP contribution in [0, 0.1) is 0 Å². The van der Waals surface area contributed by atoms with E-state index in [1.54, 1.807) is 0 Å². The van der Waals surface area contributed by atoms with Crippen LogP contribution in [0.5, 0.6) is 0 Å². The second-order valence-corrected chi connectivity index (χ2v) is 6.00. The van der Waals surface area contributed by atoms with E-state index in [4.69, 9.17) is 0 Å². The highest BCUT2D eigenvalue weighted by Crippen LogP contribution is 2.34. The van der Waals surface area contributed by atoms with Crippen molar-refractivity contribution in [3.63, 3.8) is 0 Å². The van der Waals surface area contributed by atoms with Gasteiger partial charge in [-0.15, -0.1) is 0 Å². The van der Waals surface area contributed by atoms with Gasteiger partial charge in [-0.2, -0.15) is 0 Å². The summed E-state index contributed by atoms with van der Waals surface area (Å²) in [5.41, 5.74) is 0. The third kappa shape index (κ3) is 3.03. The molecule has 1 N–H and O–H groups in total. The van der Waals surface area contributed by atoms with Gasteiger partial charge < -0.3 is 5.32 Å². The average Bonchev–Trinajstić information content (AvgIpc) is 2.72. The van der Waals surface area contributed by atoms with Gasteiger partial charge in [-0.05, 0) is 58.4 Å². The van der Waals surface area contributed by atoms with Gasteiger partial charge in [0.05, 0.1) is 0 Å². The van der Waals surface area contributed by atoms with Crippen LogP contribution < -0.4 is 5.32 Å². The molecular weight excluding hydrogens is 208 g/mol. The van der Waals surface area contributed by atoms with Crippen molar-refractivity contribution in [1.29, 1.82) is 0 Å². The Balaban J connectivity index is 1.86. The second-order valence-electron chi connectivity index (χ2n) is 6.00. The van der Waals surface area contributed by atoms with E-state index in [1.165, 1.54) is 44.9 Å². The molecule has 0 radical (unpaired) electrons. The Kier molecular flexibility index (Phi) is 4.87. The summed E-state index contributed by atoms with van der Waals surface area (Å²) in [5, 5.41) is 3.61. The summed E-state index contributed by atoms with van der Waals surface area (Å²) in [7, 11) is 0. The molecule has 2 atom stereocenters. The fourth-order valence-corrected chi connectivity index (χ4v) is 4.03. The lowest BCUT2D eigenvalue weighted by molar-refractivity contribution is 0.0955. The fourth-order valence-electron chi connectivity index (χ4n) is 4.03. The van der Waals surface area contributed by atoms with Gasteiger partial charge >= 0.3 is 0 Å². The first kappa shape index (κ1) is 13.4. The Morgan fingerprint density at radius 2 is 1.71 bits per heavy atom. The molecule has 0 amide bonds. The molecule has 0 aromatic heterocycles. The Morgan fingerprint density at radius 3 is 2.29 bits per heavy atom. The standard InChI is InChI=1S/C15H30N2/c1-4-14-9-6-12(3)17(14)15-10-7-13(8-11-15)16-5-2/h12-16H,4-11H2,1-3H3. The predicted octanol–water partition coefficient (Wildman–Crippen LogP) is 3.17. The van der Waals surface area contributed by atoms with E-state index in [2.05, 4.69) is 31.0 Å². The molecule has 1 heterocycles. The number of hydrogen-bond donors (Lipinski definition) is 1. The molecule has 2 fully saturated rings. The van der Waals surface area contributed by atoms with E-state index in [-0.39, 0.29) is 0 Å². The molecule has 0 bridgehead atoms. The summed E-state index contributed by atoms with van der Waals surface area (Å²) in [5.74, 6) is 0. The number of nitrogens with one attached hydrogen (secondary N) is 1. The Labute approximate surface area is 107 Å². The van der Waals surface area contributed by atoms with Crippen molar-refractivity contribution in [2.75, 3.05) is 6.54 Å².